The van der Waals surface area contributed by atoms with Crippen LogP contribution < -0.4 is 5.73 Å². The lowest BCUT2D eigenvalue weighted by Gasteiger charge is -2.17. The Morgan fingerprint density at radius 2 is 0.620 bits per heavy atom. The highest BCUT2D eigenvalue weighted by molar-refractivity contribution is 5.94. The van der Waals surface area contributed by atoms with Crippen molar-refractivity contribution in [2.75, 3.05) is 5.73 Å². The normalized spacial score (nSPS) is 18.7. The van der Waals surface area contributed by atoms with E-state index in [-0.39, 0.29) is 96.0 Å². The van der Waals surface area contributed by atoms with Crippen LogP contribution in [0.15, 0.2) is 299 Å². The Morgan fingerprint density at radius 3 is 0.890 bits per heavy atom. The van der Waals surface area contributed by atoms with E-state index in [0.717, 1.165) is 55.6 Å². The summed E-state index contributed by atoms with van der Waals surface area (Å²) >= 11 is 0. The summed E-state index contributed by atoms with van der Waals surface area (Å²) in [5, 5.41) is 16.7. The molecule has 0 spiro atoms. The average molecular weight is 1340 g/mol. The van der Waals surface area contributed by atoms with Crippen molar-refractivity contribution in [2.45, 2.75) is 88.7 Å². The summed E-state index contributed by atoms with van der Waals surface area (Å²) in [5.41, 5.74) is 18.9. The number of hydrogen-bond donors (Lipinski definition) is 3. The van der Waals surface area contributed by atoms with Crippen molar-refractivity contribution in [1.29, 1.82) is 0 Å². The first-order valence-corrected chi connectivity index (χ1v) is 32.3. The van der Waals surface area contributed by atoms with Gasteiger partial charge in [0.2, 0.25) is 0 Å². The second-order valence-electron chi connectivity index (χ2n) is 23.6. The van der Waals surface area contributed by atoms with Gasteiger partial charge in [0.1, 0.15) is 73.6 Å². The molecule has 8 heterocycles. The molecule has 16 rings (SSSR count). The molecule has 6 aliphatic rings. The van der Waals surface area contributed by atoms with E-state index in [2.05, 4.69) is 4.42 Å². The van der Waals surface area contributed by atoms with Crippen molar-refractivity contribution in [3.63, 3.8) is 0 Å². The minimum absolute atomic E-state index is 0.115. The lowest BCUT2D eigenvalue weighted by molar-refractivity contribution is -0.145. The van der Waals surface area contributed by atoms with Gasteiger partial charge < -0.3 is 57.9 Å². The molecule has 0 saturated heterocycles. The minimum atomic E-state index is -0.988. The monoisotopic (exact) mass is 1340 g/mol. The molecule has 0 aliphatic carbocycles. The van der Waals surface area contributed by atoms with Gasteiger partial charge in [-0.3, -0.25) is 0 Å². The number of carbonyl (C=O) groups excluding carboxylic acids is 4. The lowest BCUT2D eigenvalue weighted by atomic mass is 9.91. The van der Waals surface area contributed by atoms with E-state index in [1.807, 2.05) is 240 Å². The number of carboxylic acid groups (broad SMARTS) is 2. The molecule has 0 fully saturated rings. The second-order valence-corrected chi connectivity index (χ2v) is 23.6. The Balaban J connectivity index is 0.000000125. The maximum atomic E-state index is 12.5. The fourth-order valence-corrected chi connectivity index (χ4v) is 11.8. The molecule has 0 radical (unpaired) electrons. The van der Waals surface area contributed by atoms with Gasteiger partial charge in [-0.15, -0.1) is 0 Å². The van der Waals surface area contributed by atoms with Crippen LogP contribution in [0.5, 0.6) is 0 Å². The Kier molecular flexibility index (Phi) is 22.5. The molecule has 18 nitrogen and oxygen atoms in total. The van der Waals surface area contributed by atoms with E-state index in [4.69, 9.17) is 53.5 Å². The van der Waals surface area contributed by atoms with Gasteiger partial charge in [-0.1, -0.05) is 206 Å². The first-order chi connectivity index (χ1) is 48.5. The molecule has 10 aromatic rings. The van der Waals surface area contributed by atoms with Gasteiger partial charge in [-0.05, 0) is 126 Å². The zero-order valence-electron chi connectivity index (χ0n) is 54.8. The van der Waals surface area contributed by atoms with Crippen molar-refractivity contribution in [3.8, 4) is 0 Å². The van der Waals surface area contributed by atoms with Gasteiger partial charge in [0.25, 0.3) is 0 Å². The van der Waals surface area contributed by atoms with E-state index in [9.17, 15) is 28.8 Å². The summed E-state index contributed by atoms with van der Waals surface area (Å²) in [6, 6.07) is 72.2. The van der Waals surface area contributed by atoms with Crippen LogP contribution in [0, 0.1) is 0 Å². The van der Waals surface area contributed by atoms with Crippen LogP contribution in [0.25, 0.3) is 0 Å². The van der Waals surface area contributed by atoms with Crippen LogP contribution in [-0.2, 0) is 47.5 Å². The number of anilines is 1. The van der Waals surface area contributed by atoms with Gasteiger partial charge in [-0.2, -0.15) is 0 Å². The Labute approximate surface area is 577 Å². The molecule has 0 saturated carbocycles. The molecule has 6 bridgehead atoms. The summed E-state index contributed by atoms with van der Waals surface area (Å²) < 4.78 is 49.0. The Hall–Kier alpha value is -12.0. The van der Waals surface area contributed by atoms with Crippen molar-refractivity contribution in [2.24, 2.45) is 0 Å². The minimum Gasteiger partial charge on any atom is -0.478 e. The van der Waals surface area contributed by atoms with Crippen LogP contribution in [0.1, 0.15) is 175 Å². The second kappa shape index (κ2) is 32.4. The largest absolute Gasteiger partial charge is 0.478 e. The number of hydrogen-bond acceptors (Lipinski definition) is 16. The molecule has 0 unspecified atom stereocenters. The molecular weight excluding hydrogens is 1270 g/mol. The van der Waals surface area contributed by atoms with Crippen molar-refractivity contribution in [3.05, 3.63) is 363 Å². The summed E-state index contributed by atoms with van der Waals surface area (Å²) in [4.78, 5) is 69.3. The van der Waals surface area contributed by atoms with E-state index in [1.54, 1.807) is 24.3 Å². The number of fused-ring (bicyclic) bond motifs is 15. The third-order valence-corrected chi connectivity index (χ3v) is 17.1. The van der Waals surface area contributed by atoms with E-state index in [1.165, 1.54) is 37.2 Å². The average Bonchev–Trinajstić information content (AvgIpc) is 1.61. The number of furan rings is 2. The molecule has 100 heavy (non-hydrogen) atoms. The highest BCUT2D eigenvalue weighted by Crippen LogP contribution is 2.52. The van der Waals surface area contributed by atoms with Crippen LogP contribution in [0.4, 0.5) is 5.69 Å². The number of para-hydroxylation sites is 1. The predicted molar refractivity (Wildman–Crippen MR) is 369 cm³/mol. The number of ether oxygens (including phenoxy) is 7. The molecule has 4 N–H and O–H groups in total. The molecule has 8 aromatic carbocycles. The summed E-state index contributed by atoms with van der Waals surface area (Å²) in [6.07, 6.45) is 8.70. The maximum absolute atomic E-state index is 12.5. The lowest BCUT2D eigenvalue weighted by Crippen LogP contribution is -2.15. The standard InChI is InChI=1S/3C19H16O3.C13H12O3.C7H7NO2.C5H4O3/c3*1-12(13-7-3-2-4-8-13)21-19(20)16-11-17-14-9-5-6-10-15(14)18(16)22-17;1-10(11-5-3-2-4-6-11)16-13(14)12-7-8-15-9-12;8-6-4-2-1-3-5(6)7(9)10;6-5(7)4-1-2-8-3-4/h3*2-12,17-18H,1H3;2-10H,1H3;1-4H,8H2,(H,9,10);1-3H,(H,6,7)/t12-,17+,18+;2*12-,17-,18-;10-;;/m1111../s1. The number of benzene rings is 8. The highest BCUT2D eigenvalue weighted by atomic mass is 16.6. The number of nitrogen functional groups attached to an aromatic ring is 1. The topological polar surface area (TPSA) is 260 Å². The third kappa shape index (κ3) is 16.5. The van der Waals surface area contributed by atoms with Crippen molar-refractivity contribution < 1.29 is 81.0 Å². The molecular formula is C82H71NO17. The number of nitrogens with two attached hydrogens (primary N) is 1. The predicted octanol–water partition coefficient (Wildman–Crippen LogP) is 17.3. The van der Waals surface area contributed by atoms with Crippen molar-refractivity contribution in [1.82, 2.24) is 0 Å². The first-order valence-electron chi connectivity index (χ1n) is 32.3. The number of rotatable bonds is 14. The van der Waals surface area contributed by atoms with Gasteiger partial charge >= 0.3 is 35.8 Å². The van der Waals surface area contributed by atoms with Crippen molar-refractivity contribution >= 4 is 41.5 Å². The summed E-state index contributed by atoms with van der Waals surface area (Å²) in [5.74, 6) is -3.20. The quantitative estimate of drug-likeness (QED) is 0.0519. The molecule has 506 valence electrons. The molecule has 6 aliphatic heterocycles. The number of carboxylic acids is 2. The van der Waals surface area contributed by atoms with E-state index < -0.39 is 11.9 Å². The fourth-order valence-electron chi connectivity index (χ4n) is 11.8. The highest BCUT2D eigenvalue weighted by Gasteiger charge is 2.45. The molecule has 10 atom stereocenters. The molecule has 2 aromatic heterocycles. The maximum Gasteiger partial charge on any atom is 0.342 e. The van der Waals surface area contributed by atoms with Crippen LogP contribution in [0.3, 0.4) is 0 Å². The van der Waals surface area contributed by atoms with Gasteiger partial charge in [-0.25, -0.2) is 28.8 Å². The third-order valence-electron chi connectivity index (χ3n) is 17.1. The SMILES string of the molecule is C[C@@H](OC(=O)C1=C[C@@H]2O[C@H]1c1ccccc12)c1ccccc1.C[C@@H](OC(=O)C1=C[C@H]2O[C@@H]1c1ccccc12)c1ccccc1.C[C@@H](OC(=O)C1=C[C@H]2O[C@@H]1c1ccccc12)c1ccccc1.C[C@@H](OC(=O)c1ccoc1)c1ccccc1.Nc1ccccc1C(=O)O.O=C(O)c1ccoc1. The van der Waals surface area contributed by atoms with Crippen LogP contribution in [-0.4, -0.2) is 46.0 Å². The summed E-state index contributed by atoms with van der Waals surface area (Å²) in [7, 11) is 0. The van der Waals surface area contributed by atoms with Gasteiger partial charge in [0.15, 0.2) is 0 Å². The van der Waals surface area contributed by atoms with E-state index >= 15 is 0 Å². The number of aromatic carboxylic acids is 2. The molecule has 18 heteroatoms. The smallest absolute Gasteiger partial charge is 0.342 e. The zero-order valence-corrected chi connectivity index (χ0v) is 54.8. The van der Waals surface area contributed by atoms with Crippen LogP contribution >= 0.6 is 0 Å². The molecule has 0 amide bonds. The fraction of sp³-hybridized carbons (Fsp3) is 0.171. The number of carbonyl (C=O) groups is 6. The first kappa shape index (κ1) is 69.4. The Bertz CT molecular complexity index is 4260. The summed E-state index contributed by atoms with van der Waals surface area (Å²) in [6.45, 7) is 7.49. The van der Waals surface area contributed by atoms with E-state index in [0.29, 0.717) is 28.0 Å². The van der Waals surface area contributed by atoms with Crippen LogP contribution in [0.2, 0.25) is 0 Å². The number of esters is 4. The Morgan fingerprint density at radius 1 is 0.340 bits per heavy atom. The van der Waals surface area contributed by atoms with Gasteiger partial charge in [0.05, 0.1) is 45.9 Å². The van der Waals surface area contributed by atoms with Gasteiger partial charge in [0, 0.05) is 5.69 Å². The zero-order chi connectivity index (χ0) is 70.2.